The van der Waals surface area contributed by atoms with Gasteiger partial charge in [-0.05, 0) is 30.2 Å². The number of nitrogens with zero attached hydrogens (tertiary/aromatic N) is 3. The molecule has 0 spiro atoms. The lowest BCUT2D eigenvalue weighted by Gasteiger charge is -2.29. The van der Waals surface area contributed by atoms with E-state index in [2.05, 4.69) is 16.5 Å². The highest BCUT2D eigenvalue weighted by Crippen LogP contribution is 2.40. The molecule has 0 saturated carbocycles. The Labute approximate surface area is 167 Å². The van der Waals surface area contributed by atoms with Gasteiger partial charge >= 0.3 is 0 Å². The van der Waals surface area contributed by atoms with Gasteiger partial charge < -0.3 is 5.32 Å². The van der Waals surface area contributed by atoms with Gasteiger partial charge in [0.2, 0.25) is 5.91 Å². The molecule has 4 rings (SSSR count). The number of rotatable bonds is 5. The largest absolute Gasteiger partial charge is 0.355 e. The number of fused-ring (bicyclic) bond motifs is 3. The zero-order valence-corrected chi connectivity index (χ0v) is 16.2. The number of nitrogens with one attached hydrogen (secondary N) is 1. The van der Waals surface area contributed by atoms with Crippen molar-refractivity contribution in [3.8, 4) is 0 Å². The number of amides is 1. The lowest BCUT2D eigenvalue weighted by atomic mass is 10.0. The topological polar surface area (TPSA) is 57.1 Å². The van der Waals surface area contributed by atoms with E-state index in [0.717, 1.165) is 34.3 Å². The molecule has 2 aliphatic rings. The third-order valence-corrected chi connectivity index (χ3v) is 5.71. The Balaban J connectivity index is 1.31. The molecule has 2 aromatic carbocycles. The first-order valence-corrected chi connectivity index (χ1v) is 10.2. The van der Waals surface area contributed by atoms with Gasteiger partial charge in [-0.1, -0.05) is 53.7 Å². The van der Waals surface area contributed by atoms with Crippen molar-refractivity contribution in [1.29, 1.82) is 0 Å². The molecule has 27 heavy (non-hydrogen) atoms. The van der Waals surface area contributed by atoms with Gasteiger partial charge in [-0.25, -0.2) is 10.0 Å². The van der Waals surface area contributed by atoms with Crippen LogP contribution in [0, 0.1) is 0 Å². The van der Waals surface area contributed by atoms with Gasteiger partial charge in [-0.15, -0.1) is 0 Å². The molecule has 0 saturated heterocycles. The lowest BCUT2D eigenvalue weighted by Crippen LogP contribution is -2.31. The molecule has 7 heteroatoms. The maximum Gasteiger partial charge on any atom is 0.230 e. The maximum absolute atomic E-state index is 12.2. The molecule has 0 unspecified atom stereocenters. The Kier molecular flexibility index (Phi) is 5.45. The number of hydrazone groups is 1. The van der Waals surface area contributed by atoms with Crippen molar-refractivity contribution in [2.24, 2.45) is 10.1 Å². The Hall–Kier alpha value is -2.31. The van der Waals surface area contributed by atoms with Crippen LogP contribution in [0.25, 0.3) is 0 Å². The minimum absolute atomic E-state index is 0.00440. The number of amidine groups is 1. The highest BCUT2D eigenvalue weighted by atomic mass is 35.5. The van der Waals surface area contributed by atoms with Crippen LogP contribution in [0.1, 0.15) is 23.6 Å². The molecule has 0 aromatic heterocycles. The predicted octanol–water partition coefficient (Wildman–Crippen LogP) is 4.17. The van der Waals surface area contributed by atoms with Crippen molar-refractivity contribution in [3.63, 3.8) is 0 Å². The molecule has 2 aromatic rings. The number of carbonyl (C=O) groups is 1. The van der Waals surface area contributed by atoms with Gasteiger partial charge in [0.1, 0.15) is 0 Å². The minimum Gasteiger partial charge on any atom is -0.355 e. The molecule has 5 nitrogen and oxygen atoms in total. The van der Waals surface area contributed by atoms with E-state index in [4.69, 9.17) is 16.6 Å². The van der Waals surface area contributed by atoms with E-state index in [0.29, 0.717) is 12.3 Å². The quantitative estimate of drug-likeness (QED) is 0.822. The number of hydrogen-bond donors (Lipinski definition) is 1. The Morgan fingerprint density at radius 3 is 2.89 bits per heavy atom. The highest BCUT2D eigenvalue weighted by molar-refractivity contribution is 8.14. The van der Waals surface area contributed by atoms with Gasteiger partial charge in [-0.2, -0.15) is 5.10 Å². The van der Waals surface area contributed by atoms with Gasteiger partial charge in [0.05, 0.1) is 17.5 Å². The van der Waals surface area contributed by atoms with Gasteiger partial charge in [0.15, 0.2) is 5.17 Å². The van der Waals surface area contributed by atoms with Crippen LogP contribution >= 0.6 is 23.4 Å². The van der Waals surface area contributed by atoms with Crippen molar-refractivity contribution in [1.82, 2.24) is 10.3 Å². The first-order chi connectivity index (χ1) is 13.2. The first-order valence-electron chi connectivity index (χ1n) is 8.84. The molecule has 1 N–H and O–H groups in total. The minimum atomic E-state index is -0.00440. The van der Waals surface area contributed by atoms with E-state index in [1.54, 1.807) is 0 Å². The van der Waals surface area contributed by atoms with Gasteiger partial charge in [-0.3, -0.25) is 4.79 Å². The smallest absolute Gasteiger partial charge is 0.230 e. The molecule has 138 valence electrons. The summed E-state index contributed by atoms with van der Waals surface area (Å²) in [7, 11) is 0. The zero-order chi connectivity index (χ0) is 18.6. The molecule has 0 bridgehead atoms. The molecule has 0 aliphatic carbocycles. The standard InChI is InChI=1S/C20H19ClN4OS/c21-15-7-5-14(6-8-15)9-11-22-19(26)13-27-20-24-17-4-2-1-3-16(17)18-10-12-23-25(18)20/h1-8,12,18H,9-11,13H2,(H,22,26)/t18-/m0/s1. The van der Waals surface area contributed by atoms with Crippen molar-refractivity contribution < 1.29 is 4.79 Å². The fraction of sp³-hybridized carbons (Fsp3) is 0.250. The maximum atomic E-state index is 12.2. The van der Waals surface area contributed by atoms with E-state index < -0.39 is 0 Å². The number of aliphatic imine (C=N–C) groups is 1. The lowest BCUT2D eigenvalue weighted by molar-refractivity contribution is -0.118. The van der Waals surface area contributed by atoms with Gasteiger partial charge in [0, 0.05) is 29.8 Å². The second-order valence-corrected chi connectivity index (χ2v) is 7.74. The molecule has 2 heterocycles. The fourth-order valence-electron chi connectivity index (χ4n) is 3.16. The van der Waals surface area contributed by atoms with E-state index >= 15 is 0 Å². The molecule has 1 atom stereocenters. The molecule has 1 amide bonds. The fourth-order valence-corrected chi connectivity index (χ4v) is 4.12. The number of hydrogen-bond acceptors (Lipinski definition) is 5. The summed E-state index contributed by atoms with van der Waals surface area (Å²) in [5, 5.41) is 10.8. The van der Waals surface area contributed by atoms with Crippen LogP contribution < -0.4 is 5.32 Å². The molecular weight excluding hydrogens is 380 g/mol. The van der Waals surface area contributed by atoms with Crippen molar-refractivity contribution >= 4 is 46.3 Å². The van der Waals surface area contributed by atoms with Crippen LogP contribution in [0.3, 0.4) is 0 Å². The zero-order valence-electron chi connectivity index (χ0n) is 14.6. The summed E-state index contributed by atoms with van der Waals surface area (Å²) < 4.78 is 0. The Morgan fingerprint density at radius 2 is 2.04 bits per heavy atom. The van der Waals surface area contributed by atoms with Gasteiger partial charge in [0.25, 0.3) is 0 Å². The van der Waals surface area contributed by atoms with E-state index in [-0.39, 0.29) is 11.9 Å². The first kappa shape index (κ1) is 18.1. The second-order valence-electron chi connectivity index (χ2n) is 6.36. The summed E-state index contributed by atoms with van der Waals surface area (Å²) in [6.07, 6.45) is 3.55. The van der Waals surface area contributed by atoms with E-state index in [1.807, 2.05) is 53.7 Å². The summed E-state index contributed by atoms with van der Waals surface area (Å²) in [5.74, 6) is 0.315. The number of benzene rings is 2. The van der Waals surface area contributed by atoms with Crippen molar-refractivity contribution in [3.05, 3.63) is 64.7 Å². The predicted molar refractivity (Wildman–Crippen MR) is 112 cm³/mol. The van der Waals surface area contributed by atoms with Crippen LogP contribution in [-0.4, -0.2) is 34.6 Å². The van der Waals surface area contributed by atoms with Crippen LogP contribution in [0.15, 0.2) is 58.6 Å². The number of carbonyl (C=O) groups excluding carboxylic acids is 1. The molecule has 0 fully saturated rings. The van der Waals surface area contributed by atoms with E-state index in [9.17, 15) is 4.79 Å². The molecular formula is C20H19ClN4OS. The van der Waals surface area contributed by atoms with Crippen LogP contribution in [0.4, 0.5) is 5.69 Å². The number of para-hydroxylation sites is 1. The van der Waals surface area contributed by atoms with Crippen LogP contribution in [-0.2, 0) is 11.2 Å². The average Bonchev–Trinajstić information content (AvgIpc) is 3.18. The van der Waals surface area contributed by atoms with Crippen molar-refractivity contribution in [2.75, 3.05) is 12.3 Å². The Bertz CT molecular complexity index is 897. The summed E-state index contributed by atoms with van der Waals surface area (Å²) in [6.45, 7) is 0.598. The molecule has 2 aliphatic heterocycles. The molecule has 0 radical (unpaired) electrons. The highest BCUT2D eigenvalue weighted by Gasteiger charge is 2.32. The van der Waals surface area contributed by atoms with Crippen molar-refractivity contribution in [2.45, 2.75) is 18.9 Å². The van der Waals surface area contributed by atoms with Crippen LogP contribution in [0.5, 0.6) is 0 Å². The third-order valence-electron chi connectivity index (χ3n) is 4.52. The van der Waals surface area contributed by atoms with Crippen LogP contribution in [0.2, 0.25) is 5.02 Å². The normalized spacial score (nSPS) is 17.3. The second kappa shape index (κ2) is 8.15. The summed E-state index contributed by atoms with van der Waals surface area (Å²) in [5.41, 5.74) is 3.30. The summed E-state index contributed by atoms with van der Waals surface area (Å²) in [4.78, 5) is 16.9. The Morgan fingerprint density at radius 1 is 1.22 bits per heavy atom. The van der Waals surface area contributed by atoms with E-state index in [1.165, 1.54) is 17.3 Å². The monoisotopic (exact) mass is 398 g/mol. The summed E-state index contributed by atoms with van der Waals surface area (Å²) >= 11 is 7.31. The number of thioether (sulfide) groups is 1. The summed E-state index contributed by atoms with van der Waals surface area (Å²) in [6, 6.07) is 16.0. The third kappa shape index (κ3) is 4.17. The number of halogens is 1. The average molecular weight is 399 g/mol. The SMILES string of the molecule is O=C(CSC1=Nc2ccccc2[C@@H]2CC=NN12)NCCc1ccc(Cl)cc1.